The first-order valence-corrected chi connectivity index (χ1v) is 6.48. The highest BCUT2D eigenvalue weighted by Crippen LogP contribution is 2.17. The van der Waals surface area contributed by atoms with Gasteiger partial charge in [0.25, 0.3) is 0 Å². The summed E-state index contributed by atoms with van der Waals surface area (Å²) in [5, 5.41) is 8.40. The summed E-state index contributed by atoms with van der Waals surface area (Å²) in [7, 11) is 0. The fraction of sp³-hybridized carbons (Fsp3) is 0.188. The van der Waals surface area contributed by atoms with Gasteiger partial charge in [-0.3, -0.25) is 10.7 Å². The molecular weight excluding hydrogens is 252 g/mol. The van der Waals surface area contributed by atoms with Crippen molar-refractivity contribution in [1.82, 2.24) is 5.48 Å². The minimum atomic E-state index is 0.643. The minimum Gasteiger partial charge on any atom is -0.493 e. The van der Waals surface area contributed by atoms with Gasteiger partial charge in [-0.15, -0.1) is 0 Å². The fourth-order valence-electron chi connectivity index (χ4n) is 1.77. The van der Waals surface area contributed by atoms with Crippen LogP contribution in [0, 0.1) is 6.92 Å². The summed E-state index contributed by atoms with van der Waals surface area (Å²) in [5.74, 6) is 0.813. The van der Waals surface area contributed by atoms with Crippen molar-refractivity contribution in [2.75, 3.05) is 6.61 Å². The van der Waals surface area contributed by atoms with Gasteiger partial charge < -0.3 is 4.74 Å². The third-order valence-corrected chi connectivity index (χ3v) is 2.89. The largest absolute Gasteiger partial charge is 0.493 e. The highest BCUT2D eigenvalue weighted by Gasteiger charge is 1.96. The summed E-state index contributed by atoms with van der Waals surface area (Å²) in [6.45, 7) is 2.72. The number of hydrogen-bond donors (Lipinski definition) is 2. The first kappa shape index (κ1) is 14.1. The maximum atomic E-state index is 8.40. The molecule has 0 aromatic heterocycles. The van der Waals surface area contributed by atoms with Crippen LogP contribution in [0.1, 0.15) is 11.1 Å². The molecule has 2 aromatic rings. The van der Waals surface area contributed by atoms with Gasteiger partial charge in [-0.05, 0) is 36.8 Å². The van der Waals surface area contributed by atoms with Gasteiger partial charge in [0.15, 0.2) is 0 Å². The van der Waals surface area contributed by atoms with Crippen molar-refractivity contribution in [3.05, 3.63) is 59.7 Å². The first-order chi connectivity index (χ1) is 9.78. The number of rotatable bonds is 6. The molecule has 20 heavy (non-hydrogen) atoms. The molecule has 2 rings (SSSR count). The Kier molecular flexibility index (Phi) is 5.15. The van der Waals surface area contributed by atoms with E-state index in [0.29, 0.717) is 6.61 Å². The Morgan fingerprint density at radius 2 is 1.80 bits per heavy atom. The lowest BCUT2D eigenvalue weighted by molar-refractivity contribution is 0.240. The van der Waals surface area contributed by atoms with Crippen LogP contribution in [0.4, 0.5) is 5.69 Å². The lowest BCUT2D eigenvalue weighted by Crippen LogP contribution is -2.01. The van der Waals surface area contributed by atoms with Crippen LogP contribution in [0.15, 0.2) is 53.5 Å². The van der Waals surface area contributed by atoms with Crippen LogP contribution in [-0.2, 0) is 6.42 Å². The second-order valence-corrected chi connectivity index (χ2v) is 4.47. The van der Waals surface area contributed by atoms with E-state index >= 15 is 0 Å². The maximum Gasteiger partial charge on any atom is 0.119 e. The summed E-state index contributed by atoms with van der Waals surface area (Å²) in [4.78, 5) is 3.96. The molecule has 0 amide bonds. The lowest BCUT2D eigenvalue weighted by Gasteiger charge is -2.06. The van der Waals surface area contributed by atoms with E-state index in [2.05, 4.69) is 36.2 Å². The zero-order valence-corrected chi connectivity index (χ0v) is 11.4. The van der Waals surface area contributed by atoms with Gasteiger partial charge in [0.2, 0.25) is 0 Å². The van der Waals surface area contributed by atoms with Crippen LogP contribution in [0.3, 0.4) is 0 Å². The molecule has 0 spiro atoms. The fourth-order valence-corrected chi connectivity index (χ4v) is 1.77. The predicted octanol–water partition coefficient (Wildman–Crippen LogP) is 3.26. The molecule has 4 nitrogen and oxygen atoms in total. The average molecular weight is 270 g/mol. The van der Waals surface area contributed by atoms with Crippen molar-refractivity contribution in [3.8, 4) is 5.75 Å². The molecule has 104 valence electrons. The van der Waals surface area contributed by atoms with Crippen LogP contribution in [-0.4, -0.2) is 18.2 Å². The first-order valence-electron chi connectivity index (χ1n) is 6.48. The van der Waals surface area contributed by atoms with Crippen molar-refractivity contribution in [2.45, 2.75) is 13.3 Å². The van der Waals surface area contributed by atoms with Gasteiger partial charge in [0.05, 0.1) is 12.3 Å². The van der Waals surface area contributed by atoms with Gasteiger partial charge in [-0.1, -0.05) is 29.8 Å². The van der Waals surface area contributed by atoms with E-state index in [4.69, 9.17) is 9.94 Å². The molecule has 0 aliphatic rings. The average Bonchev–Trinajstić information content (AvgIpc) is 2.48. The second kappa shape index (κ2) is 7.31. The summed E-state index contributed by atoms with van der Waals surface area (Å²) in [6, 6.07) is 15.8. The predicted molar refractivity (Wildman–Crippen MR) is 79.9 cm³/mol. The number of ether oxygens (including phenoxy) is 1. The molecule has 0 bridgehead atoms. The van der Waals surface area contributed by atoms with Gasteiger partial charge in [0, 0.05) is 6.42 Å². The van der Waals surface area contributed by atoms with Crippen LogP contribution in [0.2, 0.25) is 0 Å². The third-order valence-electron chi connectivity index (χ3n) is 2.89. The summed E-state index contributed by atoms with van der Waals surface area (Å²) < 4.78 is 5.68. The quantitative estimate of drug-likeness (QED) is 0.481. The summed E-state index contributed by atoms with van der Waals surface area (Å²) in [5.41, 5.74) is 5.15. The normalized spacial score (nSPS) is 10.7. The van der Waals surface area contributed by atoms with Gasteiger partial charge in [-0.25, -0.2) is 4.99 Å². The number of benzene rings is 2. The lowest BCUT2D eigenvalue weighted by atomic mass is 10.1. The van der Waals surface area contributed by atoms with Gasteiger partial charge >= 0.3 is 0 Å². The van der Waals surface area contributed by atoms with Crippen molar-refractivity contribution in [3.63, 3.8) is 0 Å². The molecule has 0 saturated heterocycles. The highest BCUT2D eigenvalue weighted by atomic mass is 16.5. The van der Waals surface area contributed by atoms with Crippen molar-refractivity contribution in [2.24, 2.45) is 4.99 Å². The molecule has 0 unspecified atom stereocenters. The van der Waals surface area contributed by atoms with Gasteiger partial charge in [0.1, 0.15) is 12.1 Å². The van der Waals surface area contributed by atoms with E-state index in [9.17, 15) is 0 Å². The number of hydroxylamine groups is 1. The molecule has 0 atom stereocenters. The van der Waals surface area contributed by atoms with Crippen LogP contribution in [0.25, 0.3) is 0 Å². The van der Waals surface area contributed by atoms with E-state index in [1.807, 2.05) is 29.7 Å². The van der Waals surface area contributed by atoms with E-state index in [1.54, 1.807) is 0 Å². The SMILES string of the molecule is Cc1ccc(CCOc2ccc(N=CNO)cc2)cc1. The molecule has 0 fully saturated rings. The van der Waals surface area contributed by atoms with E-state index in [0.717, 1.165) is 17.9 Å². The molecular formula is C16H18N2O2. The Balaban J connectivity index is 1.82. The zero-order valence-electron chi connectivity index (χ0n) is 11.4. The molecule has 0 radical (unpaired) electrons. The van der Waals surface area contributed by atoms with Crippen molar-refractivity contribution < 1.29 is 9.94 Å². The number of aliphatic imine (C=N–C) groups is 1. The monoisotopic (exact) mass is 270 g/mol. The number of nitrogens with zero attached hydrogens (tertiary/aromatic N) is 1. The van der Waals surface area contributed by atoms with Crippen LogP contribution < -0.4 is 10.2 Å². The van der Waals surface area contributed by atoms with E-state index in [-0.39, 0.29) is 0 Å². The topological polar surface area (TPSA) is 53.8 Å². The summed E-state index contributed by atoms with van der Waals surface area (Å²) in [6.07, 6.45) is 2.10. The Morgan fingerprint density at radius 3 is 2.45 bits per heavy atom. The standard InChI is InChI=1S/C16H18N2O2/c1-13-2-4-14(5-3-13)10-11-20-16-8-6-15(7-9-16)17-12-18-19/h2-9,12,19H,10-11H2,1H3,(H,17,18). The van der Waals surface area contributed by atoms with E-state index in [1.165, 1.54) is 17.5 Å². The highest BCUT2D eigenvalue weighted by molar-refractivity contribution is 5.59. The van der Waals surface area contributed by atoms with Gasteiger partial charge in [-0.2, -0.15) is 0 Å². The Labute approximate surface area is 118 Å². The molecule has 0 aliphatic carbocycles. The summed E-state index contributed by atoms with van der Waals surface area (Å²) >= 11 is 0. The maximum absolute atomic E-state index is 8.40. The molecule has 2 aromatic carbocycles. The smallest absolute Gasteiger partial charge is 0.119 e. The molecule has 2 N–H and O–H groups in total. The Morgan fingerprint density at radius 1 is 1.10 bits per heavy atom. The van der Waals surface area contributed by atoms with Crippen molar-refractivity contribution >= 4 is 12.0 Å². The molecule has 0 heterocycles. The van der Waals surface area contributed by atoms with Crippen molar-refractivity contribution in [1.29, 1.82) is 0 Å². The van der Waals surface area contributed by atoms with Crippen LogP contribution in [0.5, 0.6) is 5.75 Å². The number of hydrogen-bond acceptors (Lipinski definition) is 3. The number of nitrogens with one attached hydrogen (secondary N) is 1. The molecule has 0 saturated carbocycles. The molecule has 0 aliphatic heterocycles. The van der Waals surface area contributed by atoms with Crippen LogP contribution >= 0.6 is 0 Å². The molecule has 4 heteroatoms. The second-order valence-electron chi connectivity index (χ2n) is 4.47. The minimum absolute atomic E-state index is 0.643. The van der Waals surface area contributed by atoms with E-state index < -0.39 is 0 Å². The number of aryl methyl sites for hydroxylation is 1. The zero-order chi connectivity index (χ0) is 14.2. The third kappa shape index (κ3) is 4.40. The Bertz CT molecular complexity index is 548. The Hall–Kier alpha value is -2.33.